The summed E-state index contributed by atoms with van der Waals surface area (Å²) in [7, 11) is 0. The van der Waals surface area contributed by atoms with Crippen molar-refractivity contribution in [1.82, 2.24) is 5.32 Å². The summed E-state index contributed by atoms with van der Waals surface area (Å²) in [6, 6.07) is 5.20. The molecule has 0 heterocycles. The molecule has 3 N–H and O–H groups in total. The van der Waals surface area contributed by atoms with Crippen LogP contribution in [0.25, 0.3) is 0 Å². The van der Waals surface area contributed by atoms with Crippen molar-refractivity contribution in [3.63, 3.8) is 0 Å². The molecule has 0 saturated carbocycles. The van der Waals surface area contributed by atoms with Crippen LogP contribution in [0, 0.1) is 0 Å². The highest BCUT2D eigenvalue weighted by Gasteiger charge is 2.21. The van der Waals surface area contributed by atoms with Crippen LogP contribution < -0.4 is 11.1 Å². The summed E-state index contributed by atoms with van der Waals surface area (Å²) in [6.45, 7) is 4.49. The lowest BCUT2D eigenvalue weighted by Crippen LogP contribution is -2.49. The Balaban J connectivity index is 0.00000361. The molecule has 1 amide bonds. The topological polar surface area (TPSA) is 55.1 Å². The highest BCUT2D eigenvalue weighted by molar-refractivity contribution is 6.36. The maximum absolute atomic E-state index is 11.9. The van der Waals surface area contributed by atoms with Gasteiger partial charge in [-0.1, -0.05) is 43.1 Å². The minimum atomic E-state index is -0.347. The van der Waals surface area contributed by atoms with Crippen LogP contribution in [-0.2, 0) is 11.2 Å². The molecule has 0 spiro atoms. The molecule has 0 atom stereocenters. The first-order valence-electron chi connectivity index (χ1n) is 6.40. The zero-order valence-corrected chi connectivity index (χ0v) is 14.0. The van der Waals surface area contributed by atoms with Crippen molar-refractivity contribution in [2.75, 3.05) is 6.54 Å². The summed E-state index contributed by atoms with van der Waals surface area (Å²) >= 11 is 12.1. The lowest BCUT2D eigenvalue weighted by atomic mass is 9.94. The van der Waals surface area contributed by atoms with Crippen LogP contribution in [0.15, 0.2) is 18.2 Å². The summed E-state index contributed by atoms with van der Waals surface area (Å²) in [4.78, 5) is 11.9. The van der Waals surface area contributed by atoms with E-state index in [0.717, 1.165) is 12.8 Å². The third-order valence-electron chi connectivity index (χ3n) is 3.44. The van der Waals surface area contributed by atoms with Crippen molar-refractivity contribution in [2.45, 2.75) is 38.6 Å². The highest BCUT2D eigenvalue weighted by Crippen LogP contribution is 2.24. The van der Waals surface area contributed by atoms with Crippen LogP contribution in [0.1, 0.15) is 32.3 Å². The summed E-state index contributed by atoms with van der Waals surface area (Å²) in [5, 5.41) is 3.86. The van der Waals surface area contributed by atoms with E-state index in [0.29, 0.717) is 22.2 Å². The van der Waals surface area contributed by atoms with Gasteiger partial charge >= 0.3 is 0 Å². The molecule has 0 aliphatic carbocycles. The fourth-order valence-electron chi connectivity index (χ4n) is 1.70. The van der Waals surface area contributed by atoms with Gasteiger partial charge in [0.2, 0.25) is 5.91 Å². The van der Waals surface area contributed by atoms with Crippen molar-refractivity contribution in [2.24, 2.45) is 5.73 Å². The van der Waals surface area contributed by atoms with Gasteiger partial charge in [-0.25, -0.2) is 0 Å². The van der Waals surface area contributed by atoms with E-state index in [1.165, 1.54) is 0 Å². The van der Waals surface area contributed by atoms with E-state index in [9.17, 15) is 4.79 Å². The van der Waals surface area contributed by atoms with E-state index < -0.39 is 0 Å². The predicted molar refractivity (Wildman–Crippen MR) is 87.9 cm³/mol. The molecule has 0 saturated heterocycles. The quantitative estimate of drug-likeness (QED) is 0.832. The molecule has 3 nitrogen and oxygen atoms in total. The number of carbonyl (C=O) groups is 1. The zero-order chi connectivity index (χ0) is 14.5. The SMILES string of the molecule is CCC(N)(CC)CNC(=O)Cc1c(Cl)cccc1Cl.Cl. The molecule has 0 aromatic heterocycles. The number of nitrogens with one attached hydrogen (secondary N) is 1. The van der Waals surface area contributed by atoms with Gasteiger partial charge in [0.05, 0.1) is 6.42 Å². The van der Waals surface area contributed by atoms with Gasteiger partial charge in [-0.15, -0.1) is 12.4 Å². The van der Waals surface area contributed by atoms with Gasteiger partial charge in [-0.3, -0.25) is 4.79 Å². The Morgan fingerprint density at radius 2 is 1.75 bits per heavy atom. The molecular formula is C14H21Cl3N2O. The van der Waals surface area contributed by atoms with E-state index in [1.807, 2.05) is 13.8 Å². The molecule has 0 fully saturated rings. The number of benzene rings is 1. The standard InChI is InChI=1S/C14H20Cl2N2O.ClH/c1-3-14(17,4-2)9-18-13(19)8-10-11(15)6-5-7-12(10)16;/h5-7H,3-4,8-9,17H2,1-2H3,(H,18,19);1H. The first-order chi connectivity index (χ1) is 8.91. The van der Waals surface area contributed by atoms with Crippen molar-refractivity contribution in [3.8, 4) is 0 Å². The average Bonchev–Trinajstić information content (AvgIpc) is 2.40. The molecule has 0 unspecified atom stereocenters. The van der Waals surface area contributed by atoms with E-state index in [4.69, 9.17) is 28.9 Å². The predicted octanol–water partition coefficient (Wildman–Crippen LogP) is 3.59. The molecule has 6 heteroatoms. The molecule has 114 valence electrons. The van der Waals surface area contributed by atoms with Gasteiger partial charge in [-0.05, 0) is 30.5 Å². The molecule has 1 aromatic rings. The first-order valence-corrected chi connectivity index (χ1v) is 7.16. The third kappa shape index (κ3) is 5.49. The van der Waals surface area contributed by atoms with Gasteiger partial charge in [0.1, 0.15) is 0 Å². The second-order valence-electron chi connectivity index (χ2n) is 4.72. The zero-order valence-electron chi connectivity index (χ0n) is 11.7. The van der Waals surface area contributed by atoms with Crippen molar-refractivity contribution >= 4 is 41.5 Å². The number of rotatable bonds is 6. The van der Waals surface area contributed by atoms with E-state index in [2.05, 4.69) is 5.32 Å². The molecule has 20 heavy (non-hydrogen) atoms. The Morgan fingerprint density at radius 3 is 2.20 bits per heavy atom. The summed E-state index contributed by atoms with van der Waals surface area (Å²) in [5.41, 5.74) is 6.44. The molecule has 0 aliphatic heterocycles. The van der Waals surface area contributed by atoms with Crippen LogP contribution in [-0.4, -0.2) is 18.0 Å². The van der Waals surface area contributed by atoms with Crippen LogP contribution in [0.4, 0.5) is 0 Å². The smallest absolute Gasteiger partial charge is 0.224 e. The molecule has 0 bridgehead atoms. The fourth-order valence-corrected chi connectivity index (χ4v) is 2.23. The molecule has 0 aliphatic rings. The first kappa shape index (κ1) is 19.5. The highest BCUT2D eigenvalue weighted by atomic mass is 35.5. The number of amides is 1. The van der Waals surface area contributed by atoms with Crippen LogP contribution in [0.5, 0.6) is 0 Å². The Kier molecular flexibility index (Phi) is 8.52. The van der Waals surface area contributed by atoms with Crippen LogP contribution in [0.2, 0.25) is 10.0 Å². The van der Waals surface area contributed by atoms with Gasteiger partial charge in [0.15, 0.2) is 0 Å². The Bertz CT molecular complexity index is 428. The second-order valence-corrected chi connectivity index (χ2v) is 5.54. The van der Waals surface area contributed by atoms with E-state index >= 15 is 0 Å². The summed E-state index contributed by atoms with van der Waals surface area (Å²) < 4.78 is 0. The number of carbonyl (C=O) groups excluding carboxylic acids is 1. The van der Waals surface area contributed by atoms with Crippen molar-refractivity contribution in [1.29, 1.82) is 0 Å². The molecule has 1 rings (SSSR count). The van der Waals surface area contributed by atoms with Gasteiger partial charge in [0.25, 0.3) is 0 Å². The molecule has 1 aromatic carbocycles. The number of nitrogens with two attached hydrogens (primary N) is 1. The number of hydrogen-bond acceptors (Lipinski definition) is 2. The fraction of sp³-hybridized carbons (Fsp3) is 0.500. The number of hydrogen-bond donors (Lipinski definition) is 2. The Morgan fingerprint density at radius 1 is 1.25 bits per heavy atom. The largest absolute Gasteiger partial charge is 0.354 e. The summed E-state index contributed by atoms with van der Waals surface area (Å²) in [6.07, 6.45) is 1.80. The van der Waals surface area contributed by atoms with E-state index in [-0.39, 0.29) is 30.3 Å². The van der Waals surface area contributed by atoms with Gasteiger partial charge in [-0.2, -0.15) is 0 Å². The molecular weight excluding hydrogens is 319 g/mol. The maximum Gasteiger partial charge on any atom is 0.224 e. The minimum Gasteiger partial charge on any atom is -0.354 e. The average molecular weight is 340 g/mol. The maximum atomic E-state index is 11.9. The van der Waals surface area contributed by atoms with E-state index in [1.54, 1.807) is 18.2 Å². The summed E-state index contributed by atoms with van der Waals surface area (Å²) in [5.74, 6) is -0.119. The Labute approximate surface area is 136 Å². The lowest BCUT2D eigenvalue weighted by Gasteiger charge is -2.26. The normalized spacial score (nSPS) is 10.8. The molecule has 0 radical (unpaired) electrons. The monoisotopic (exact) mass is 338 g/mol. The van der Waals surface area contributed by atoms with Gasteiger partial charge < -0.3 is 11.1 Å². The second kappa shape index (κ2) is 8.73. The Hall–Kier alpha value is -0.480. The van der Waals surface area contributed by atoms with Crippen LogP contribution >= 0.6 is 35.6 Å². The third-order valence-corrected chi connectivity index (χ3v) is 4.15. The van der Waals surface area contributed by atoms with Crippen molar-refractivity contribution < 1.29 is 4.79 Å². The minimum absolute atomic E-state index is 0. The lowest BCUT2D eigenvalue weighted by molar-refractivity contribution is -0.120. The van der Waals surface area contributed by atoms with Gasteiger partial charge in [0, 0.05) is 22.1 Å². The number of halogens is 3. The van der Waals surface area contributed by atoms with Crippen LogP contribution in [0.3, 0.4) is 0 Å². The van der Waals surface area contributed by atoms with Crippen molar-refractivity contribution in [3.05, 3.63) is 33.8 Å².